The second-order valence-corrected chi connectivity index (χ2v) is 4.24. The molecule has 0 saturated heterocycles. The minimum Gasteiger partial charge on any atom is -0.389 e. The van der Waals surface area contributed by atoms with Crippen LogP contribution in [0.2, 0.25) is 0 Å². The van der Waals surface area contributed by atoms with Crippen LogP contribution in [0.5, 0.6) is 0 Å². The van der Waals surface area contributed by atoms with Crippen molar-refractivity contribution in [3.05, 3.63) is 60.2 Å². The molecular formula is C15H17NO2. The Labute approximate surface area is 107 Å². The molecule has 2 rings (SSSR count). The average Bonchev–Trinajstić information content (AvgIpc) is 2.47. The number of benzene rings is 2. The molecule has 2 atom stereocenters. The van der Waals surface area contributed by atoms with Gasteiger partial charge in [0, 0.05) is 6.54 Å². The zero-order valence-corrected chi connectivity index (χ0v) is 10.0. The Morgan fingerprint density at radius 2 is 1.39 bits per heavy atom. The van der Waals surface area contributed by atoms with E-state index in [4.69, 9.17) is 5.73 Å². The Hall–Kier alpha value is -1.68. The summed E-state index contributed by atoms with van der Waals surface area (Å²) < 4.78 is 0. The molecule has 0 radical (unpaired) electrons. The van der Waals surface area contributed by atoms with E-state index in [2.05, 4.69) is 0 Å². The molecule has 0 amide bonds. The van der Waals surface area contributed by atoms with Gasteiger partial charge in [-0.25, -0.2) is 0 Å². The number of hydrogen-bond acceptors (Lipinski definition) is 3. The van der Waals surface area contributed by atoms with Gasteiger partial charge in [-0.2, -0.15) is 0 Å². The predicted octanol–water partition coefficient (Wildman–Crippen LogP) is 1.71. The Balaban J connectivity index is 2.20. The number of aliphatic hydroxyl groups excluding tert-OH is 2. The van der Waals surface area contributed by atoms with Crippen LogP contribution >= 0.6 is 0 Å². The highest BCUT2D eigenvalue weighted by Gasteiger charge is 2.16. The van der Waals surface area contributed by atoms with E-state index in [1.54, 1.807) is 0 Å². The van der Waals surface area contributed by atoms with E-state index in [1.807, 2.05) is 54.6 Å². The average molecular weight is 243 g/mol. The van der Waals surface area contributed by atoms with Crippen molar-refractivity contribution in [2.75, 3.05) is 6.54 Å². The van der Waals surface area contributed by atoms with E-state index in [-0.39, 0.29) is 6.54 Å². The first-order valence-electron chi connectivity index (χ1n) is 5.94. The maximum Gasteiger partial charge on any atom is 0.106 e. The topological polar surface area (TPSA) is 66.5 Å². The van der Waals surface area contributed by atoms with Gasteiger partial charge >= 0.3 is 0 Å². The van der Waals surface area contributed by atoms with Crippen molar-refractivity contribution < 1.29 is 10.2 Å². The van der Waals surface area contributed by atoms with Crippen LogP contribution in [0, 0.1) is 0 Å². The number of aliphatic hydroxyl groups is 2. The standard InChI is InChI=1S/C15H17NO2/c16-10-14(17)15(18)13-8-6-12(7-9-13)11-4-2-1-3-5-11/h1-9,14-15,17-18H,10,16H2. The van der Waals surface area contributed by atoms with Crippen molar-refractivity contribution in [3.8, 4) is 11.1 Å². The number of hydrogen-bond donors (Lipinski definition) is 3. The summed E-state index contributed by atoms with van der Waals surface area (Å²) in [7, 11) is 0. The van der Waals surface area contributed by atoms with Gasteiger partial charge in [-0.15, -0.1) is 0 Å². The lowest BCUT2D eigenvalue weighted by atomic mass is 10.00. The quantitative estimate of drug-likeness (QED) is 0.765. The summed E-state index contributed by atoms with van der Waals surface area (Å²) in [4.78, 5) is 0. The fourth-order valence-electron chi connectivity index (χ4n) is 1.85. The van der Waals surface area contributed by atoms with Gasteiger partial charge in [-0.1, -0.05) is 54.6 Å². The minimum absolute atomic E-state index is 0.0433. The van der Waals surface area contributed by atoms with Gasteiger partial charge in [0.2, 0.25) is 0 Å². The Bertz CT molecular complexity index is 482. The maximum atomic E-state index is 9.82. The molecule has 0 aromatic heterocycles. The minimum atomic E-state index is -0.931. The molecule has 2 unspecified atom stereocenters. The molecule has 0 spiro atoms. The third-order valence-corrected chi connectivity index (χ3v) is 2.97. The van der Waals surface area contributed by atoms with Crippen molar-refractivity contribution in [1.82, 2.24) is 0 Å². The first kappa shape index (κ1) is 12.8. The van der Waals surface area contributed by atoms with Gasteiger partial charge in [-0.05, 0) is 16.7 Å². The zero-order valence-electron chi connectivity index (χ0n) is 10.0. The van der Waals surface area contributed by atoms with Crippen LogP contribution < -0.4 is 5.73 Å². The lowest BCUT2D eigenvalue weighted by Gasteiger charge is -2.16. The maximum absolute atomic E-state index is 9.82. The molecule has 0 fully saturated rings. The van der Waals surface area contributed by atoms with Crippen LogP contribution in [0.25, 0.3) is 11.1 Å². The van der Waals surface area contributed by atoms with E-state index < -0.39 is 12.2 Å². The predicted molar refractivity (Wildman–Crippen MR) is 71.9 cm³/mol. The Morgan fingerprint density at radius 1 is 0.833 bits per heavy atom. The largest absolute Gasteiger partial charge is 0.389 e. The Morgan fingerprint density at radius 3 is 1.94 bits per heavy atom. The molecule has 2 aromatic carbocycles. The van der Waals surface area contributed by atoms with E-state index in [1.165, 1.54) is 0 Å². The van der Waals surface area contributed by atoms with Crippen molar-refractivity contribution in [3.63, 3.8) is 0 Å². The normalized spacial score (nSPS) is 14.2. The van der Waals surface area contributed by atoms with Crippen LogP contribution in [0.3, 0.4) is 0 Å². The van der Waals surface area contributed by atoms with Crippen molar-refractivity contribution in [2.45, 2.75) is 12.2 Å². The summed E-state index contributed by atoms with van der Waals surface area (Å²) in [6.45, 7) is 0.0433. The van der Waals surface area contributed by atoms with Gasteiger partial charge in [0.05, 0.1) is 6.10 Å². The lowest BCUT2D eigenvalue weighted by molar-refractivity contribution is 0.0243. The van der Waals surface area contributed by atoms with E-state index in [0.717, 1.165) is 11.1 Å². The molecule has 18 heavy (non-hydrogen) atoms. The monoisotopic (exact) mass is 243 g/mol. The fraction of sp³-hybridized carbons (Fsp3) is 0.200. The first-order valence-corrected chi connectivity index (χ1v) is 5.94. The van der Waals surface area contributed by atoms with Crippen LogP contribution in [-0.2, 0) is 0 Å². The summed E-state index contributed by atoms with van der Waals surface area (Å²) in [5.74, 6) is 0. The molecule has 0 bridgehead atoms. The molecule has 2 aromatic rings. The van der Waals surface area contributed by atoms with Crippen molar-refractivity contribution in [1.29, 1.82) is 0 Å². The summed E-state index contributed by atoms with van der Waals surface area (Å²) in [5.41, 5.74) is 8.20. The molecule has 0 saturated carbocycles. The van der Waals surface area contributed by atoms with Crippen LogP contribution in [-0.4, -0.2) is 22.9 Å². The molecule has 4 N–H and O–H groups in total. The summed E-state index contributed by atoms with van der Waals surface area (Å²) in [6.07, 6.45) is -1.85. The van der Waals surface area contributed by atoms with Gasteiger partial charge in [-0.3, -0.25) is 0 Å². The molecule has 0 aliphatic heterocycles. The highest BCUT2D eigenvalue weighted by atomic mass is 16.3. The van der Waals surface area contributed by atoms with Gasteiger partial charge in [0.25, 0.3) is 0 Å². The van der Waals surface area contributed by atoms with Gasteiger partial charge < -0.3 is 15.9 Å². The number of nitrogens with two attached hydrogens (primary N) is 1. The van der Waals surface area contributed by atoms with Gasteiger partial charge in [0.15, 0.2) is 0 Å². The van der Waals surface area contributed by atoms with Gasteiger partial charge in [0.1, 0.15) is 6.10 Å². The lowest BCUT2D eigenvalue weighted by Crippen LogP contribution is -2.27. The summed E-state index contributed by atoms with van der Waals surface area (Å²) in [5, 5.41) is 19.3. The SMILES string of the molecule is NCC(O)C(O)c1ccc(-c2ccccc2)cc1. The van der Waals surface area contributed by atoms with Crippen molar-refractivity contribution in [2.24, 2.45) is 5.73 Å². The molecule has 3 nitrogen and oxygen atoms in total. The second-order valence-electron chi connectivity index (χ2n) is 4.24. The number of rotatable bonds is 4. The highest BCUT2D eigenvalue weighted by Crippen LogP contribution is 2.23. The van der Waals surface area contributed by atoms with Crippen LogP contribution in [0.4, 0.5) is 0 Å². The second kappa shape index (κ2) is 5.78. The first-order chi connectivity index (χ1) is 8.72. The molecule has 0 heterocycles. The molecule has 0 aliphatic rings. The van der Waals surface area contributed by atoms with E-state index in [9.17, 15) is 10.2 Å². The van der Waals surface area contributed by atoms with E-state index in [0.29, 0.717) is 5.56 Å². The van der Waals surface area contributed by atoms with Crippen molar-refractivity contribution >= 4 is 0 Å². The highest BCUT2D eigenvalue weighted by molar-refractivity contribution is 5.63. The Kier molecular flexibility index (Phi) is 4.10. The summed E-state index contributed by atoms with van der Waals surface area (Å²) in [6, 6.07) is 17.5. The third kappa shape index (κ3) is 2.76. The molecule has 0 aliphatic carbocycles. The molecule has 3 heteroatoms. The molecule has 94 valence electrons. The fourth-order valence-corrected chi connectivity index (χ4v) is 1.85. The summed E-state index contributed by atoms with van der Waals surface area (Å²) >= 11 is 0. The smallest absolute Gasteiger partial charge is 0.106 e. The van der Waals surface area contributed by atoms with E-state index >= 15 is 0 Å². The third-order valence-electron chi connectivity index (χ3n) is 2.97. The zero-order chi connectivity index (χ0) is 13.0. The molecular weight excluding hydrogens is 226 g/mol. The van der Waals surface area contributed by atoms with Crippen LogP contribution in [0.15, 0.2) is 54.6 Å². The van der Waals surface area contributed by atoms with Crippen LogP contribution in [0.1, 0.15) is 11.7 Å².